The van der Waals surface area contributed by atoms with Crippen molar-refractivity contribution in [3.63, 3.8) is 0 Å². The van der Waals surface area contributed by atoms with Crippen LogP contribution in [-0.4, -0.2) is 30.0 Å². The van der Waals surface area contributed by atoms with Crippen molar-refractivity contribution in [3.05, 3.63) is 71.3 Å². The van der Waals surface area contributed by atoms with E-state index in [1.807, 2.05) is 54.3 Å². The molecule has 3 unspecified atom stereocenters. The van der Waals surface area contributed by atoms with E-state index in [1.165, 1.54) is 5.56 Å². The average Bonchev–Trinajstić information content (AvgIpc) is 2.63. The minimum absolute atomic E-state index is 0.0655. The van der Waals surface area contributed by atoms with Gasteiger partial charge >= 0.3 is 0 Å². The molecule has 1 aliphatic rings. The Bertz CT molecular complexity index is 717. The smallest absolute Gasteiger partial charge is 0.224 e. The normalized spacial score (nSPS) is 21.8. The Hall–Kier alpha value is -2.17. The number of aryl methyl sites for hydroxylation is 1. The Morgan fingerprint density at radius 2 is 1.88 bits per heavy atom. The van der Waals surface area contributed by atoms with Crippen LogP contribution in [0.5, 0.6) is 0 Å². The first-order chi connectivity index (χ1) is 12.1. The van der Waals surface area contributed by atoms with Crippen LogP contribution in [0.4, 0.5) is 0 Å². The van der Waals surface area contributed by atoms with E-state index < -0.39 is 0 Å². The molecule has 0 aromatic heterocycles. The molecule has 3 rings (SSSR count). The molecule has 1 heterocycles. The summed E-state index contributed by atoms with van der Waals surface area (Å²) in [6.07, 6.45) is 0.240. The second-order valence-corrected chi connectivity index (χ2v) is 6.79. The van der Waals surface area contributed by atoms with Gasteiger partial charge in [0.15, 0.2) is 0 Å². The number of carbonyl (C=O) groups excluding carboxylic acids is 1. The van der Waals surface area contributed by atoms with Crippen molar-refractivity contribution in [1.29, 1.82) is 0 Å². The second kappa shape index (κ2) is 7.81. The molecule has 132 valence electrons. The fraction of sp³-hybridized carbons (Fsp3) is 0.381. The third-order valence-electron chi connectivity index (χ3n) is 4.91. The molecule has 4 heteroatoms. The lowest BCUT2D eigenvalue weighted by molar-refractivity contribution is -0.144. The van der Waals surface area contributed by atoms with Gasteiger partial charge in [-0.1, -0.05) is 54.6 Å². The molecule has 0 radical (unpaired) electrons. The average molecular weight is 338 g/mol. The minimum Gasteiger partial charge on any atom is -0.370 e. The maximum atomic E-state index is 12.8. The van der Waals surface area contributed by atoms with Gasteiger partial charge in [0.25, 0.3) is 0 Å². The highest BCUT2D eigenvalue weighted by molar-refractivity contribution is 5.77. The number of carbonyl (C=O) groups is 1. The molecular formula is C21H26N2O2. The van der Waals surface area contributed by atoms with Crippen LogP contribution in [0.1, 0.15) is 42.2 Å². The lowest BCUT2D eigenvalue weighted by atomic mass is 9.99. The lowest BCUT2D eigenvalue weighted by Gasteiger charge is -2.39. The van der Waals surface area contributed by atoms with E-state index in [0.29, 0.717) is 19.6 Å². The van der Waals surface area contributed by atoms with Crippen LogP contribution in [0.15, 0.2) is 54.6 Å². The predicted octanol–water partition coefficient (Wildman–Crippen LogP) is 3.37. The van der Waals surface area contributed by atoms with E-state index in [4.69, 9.17) is 10.5 Å². The van der Waals surface area contributed by atoms with E-state index in [2.05, 4.69) is 19.1 Å². The first-order valence-corrected chi connectivity index (χ1v) is 8.83. The molecule has 4 nitrogen and oxygen atoms in total. The van der Waals surface area contributed by atoms with E-state index in [9.17, 15) is 4.79 Å². The van der Waals surface area contributed by atoms with E-state index >= 15 is 0 Å². The fourth-order valence-corrected chi connectivity index (χ4v) is 3.36. The SMILES string of the molecule is Cc1ccccc1C1CN(C(=O)CC(N)c2ccccc2)C(C)CO1. The van der Waals surface area contributed by atoms with Gasteiger partial charge in [-0.3, -0.25) is 4.79 Å². The number of amides is 1. The largest absolute Gasteiger partial charge is 0.370 e. The van der Waals surface area contributed by atoms with Crippen LogP contribution >= 0.6 is 0 Å². The Balaban J connectivity index is 1.69. The molecule has 2 N–H and O–H groups in total. The van der Waals surface area contributed by atoms with Crippen LogP contribution in [0, 0.1) is 6.92 Å². The van der Waals surface area contributed by atoms with Crippen molar-refractivity contribution in [2.45, 2.75) is 38.5 Å². The van der Waals surface area contributed by atoms with Crippen LogP contribution < -0.4 is 5.73 Å². The summed E-state index contributed by atoms with van der Waals surface area (Å²) in [6, 6.07) is 17.8. The highest BCUT2D eigenvalue weighted by Gasteiger charge is 2.31. The molecule has 2 aromatic rings. The lowest BCUT2D eigenvalue weighted by Crippen LogP contribution is -2.48. The van der Waals surface area contributed by atoms with Gasteiger partial charge < -0.3 is 15.4 Å². The fourth-order valence-electron chi connectivity index (χ4n) is 3.36. The zero-order valence-electron chi connectivity index (χ0n) is 14.9. The molecule has 1 aliphatic heterocycles. The summed E-state index contributed by atoms with van der Waals surface area (Å²) in [6.45, 7) is 5.23. The zero-order chi connectivity index (χ0) is 17.8. The highest BCUT2D eigenvalue weighted by Crippen LogP contribution is 2.28. The van der Waals surface area contributed by atoms with E-state index in [1.54, 1.807) is 0 Å². The van der Waals surface area contributed by atoms with Crippen LogP contribution in [-0.2, 0) is 9.53 Å². The number of hydrogen-bond acceptors (Lipinski definition) is 3. The first kappa shape index (κ1) is 17.6. The van der Waals surface area contributed by atoms with Crippen LogP contribution in [0.3, 0.4) is 0 Å². The van der Waals surface area contributed by atoms with Gasteiger partial charge in [0.2, 0.25) is 5.91 Å². The van der Waals surface area contributed by atoms with Gasteiger partial charge in [-0.15, -0.1) is 0 Å². The molecule has 25 heavy (non-hydrogen) atoms. The molecule has 3 atom stereocenters. The summed E-state index contributed by atoms with van der Waals surface area (Å²) < 4.78 is 6.00. The number of nitrogens with two attached hydrogens (primary N) is 1. The minimum atomic E-state index is -0.277. The van der Waals surface area contributed by atoms with E-state index in [-0.39, 0.29) is 24.1 Å². The summed E-state index contributed by atoms with van der Waals surface area (Å²) in [5, 5.41) is 0. The molecule has 0 aliphatic carbocycles. The van der Waals surface area contributed by atoms with Crippen molar-refractivity contribution in [3.8, 4) is 0 Å². The highest BCUT2D eigenvalue weighted by atomic mass is 16.5. The standard InChI is InChI=1S/C21H26N2O2/c1-15-8-6-7-11-18(15)20-13-23(16(2)14-25-20)21(24)12-19(22)17-9-4-3-5-10-17/h3-11,16,19-20H,12-14,22H2,1-2H3. The van der Waals surface area contributed by atoms with Gasteiger partial charge in [-0.25, -0.2) is 0 Å². The predicted molar refractivity (Wildman–Crippen MR) is 99.0 cm³/mol. The summed E-state index contributed by atoms with van der Waals surface area (Å²) >= 11 is 0. The third kappa shape index (κ3) is 4.09. The summed E-state index contributed by atoms with van der Waals surface area (Å²) in [7, 11) is 0. The van der Waals surface area contributed by atoms with Gasteiger partial charge in [-0.2, -0.15) is 0 Å². The molecule has 1 saturated heterocycles. The summed E-state index contributed by atoms with van der Waals surface area (Å²) in [5.41, 5.74) is 9.57. The number of rotatable bonds is 4. The van der Waals surface area contributed by atoms with Crippen LogP contribution in [0.2, 0.25) is 0 Å². The molecule has 0 spiro atoms. The Morgan fingerprint density at radius 3 is 2.60 bits per heavy atom. The number of morpholine rings is 1. The zero-order valence-corrected chi connectivity index (χ0v) is 14.9. The molecule has 2 aromatic carbocycles. The topological polar surface area (TPSA) is 55.6 Å². The molecule has 0 bridgehead atoms. The van der Waals surface area contributed by atoms with Gasteiger partial charge in [0.1, 0.15) is 6.10 Å². The summed E-state index contributed by atoms with van der Waals surface area (Å²) in [4.78, 5) is 14.8. The number of hydrogen-bond donors (Lipinski definition) is 1. The van der Waals surface area contributed by atoms with E-state index in [0.717, 1.165) is 11.1 Å². The maximum absolute atomic E-state index is 12.8. The van der Waals surface area contributed by atoms with Crippen molar-refractivity contribution < 1.29 is 9.53 Å². The Labute approximate surface area is 149 Å². The monoisotopic (exact) mass is 338 g/mol. The number of ether oxygens (including phenoxy) is 1. The maximum Gasteiger partial charge on any atom is 0.224 e. The second-order valence-electron chi connectivity index (χ2n) is 6.79. The van der Waals surface area contributed by atoms with Crippen molar-refractivity contribution >= 4 is 5.91 Å². The van der Waals surface area contributed by atoms with Crippen molar-refractivity contribution in [2.75, 3.05) is 13.2 Å². The van der Waals surface area contributed by atoms with Gasteiger partial charge in [-0.05, 0) is 30.5 Å². The Morgan fingerprint density at radius 1 is 1.20 bits per heavy atom. The molecule has 1 amide bonds. The molecule has 1 fully saturated rings. The summed E-state index contributed by atoms with van der Waals surface area (Å²) in [5.74, 6) is 0.0886. The van der Waals surface area contributed by atoms with Gasteiger partial charge in [0, 0.05) is 12.5 Å². The Kier molecular flexibility index (Phi) is 5.51. The number of benzene rings is 2. The third-order valence-corrected chi connectivity index (χ3v) is 4.91. The quantitative estimate of drug-likeness (QED) is 0.930. The number of nitrogens with zero attached hydrogens (tertiary/aromatic N) is 1. The molecule has 0 saturated carbocycles. The van der Waals surface area contributed by atoms with Crippen molar-refractivity contribution in [1.82, 2.24) is 4.90 Å². The van der Waals surface area contributed by atoms with Crippen LogP contribution in [0.25, 0.3) is 0 Å². The first-order valence-electron chi connectivity index (χ1n) is 8.83. The molecular weight excluding hydrogens is 312 g/mol. The van der Waals surface area contributed by atoms with Crippen molar-refractivity contribution in [2.24, 2.45) is 5.73 Å². The van der Waals surface area contributed by atoms with Gasteiger partial charge in [0.05, 0.1) is 19.2 Å².